The van der Waals surface area contributed by atoms with Crippen LogP contribution in [-0.4, -0.2) is 11.4 Å². The van der Waals surface area contributed by atoms with Crippen molar-refractivity contribution in [2.45, 2.75) is 0 Å². The third kappa shape index (κ3) is 1.73. The summed E-state index contributed by atoms with van der Waals surface area (Å²) in [6, 6.07) is 4.10. The van der Waals surface area contributed by atoms with Gasteiger partial charge in [-0.25, -0.2) is 8.78 Å². The van der Waals surface area contributed by atoms with Crippen LogP contribution in [0.1, 0.15) is 5.56 Å². The summed E-state index contributed by atoms with van der Waals surface area (Å²) in [5, 5.41) is 10.7. The predicted octanol–water partition coefficient (Wildman–Crippen LogP) is 1.57. The van der Waals surface area contributed by atoms with Gasteiger partial charge in [0.1, 0.15) is 0 Å². The fourth-order valence-electron chi connectivity index (χ4n) is 0.608. The van der Waals surface area contributed by atoms with Gasteiger partial charge >= 0.3 is 0 Å². The highest BCUT2D eigenvalue weighted by molar-refractivity contribution is 5.78. The van der Waals surface area contributed by atoms with Crippen molar-refractivity contribution in [1.82, 2.24) is 0 Å². The molecular weight excluding hydrogens is 152 g/mol. The predicted molar refractivity (Wildman–Crippen MR) is 34.6 cm³/mol. The molecule has 0 aliphatic carbocycles. The highest BCUT2D eigenvalue weighted by Gasteiger charge is 2.00. The lowest BCUT2D eigenvalue weighted by atomic mass is 10.2. The van der Waals surface area contributed by atoms with Crippen LogP contribution >= 0.6 is 0 Å². The molecule has 0 bridgehead atoms. The van der Waals surface area contributed by atoms with Gasteiger partial charge in [0.15, 0.2) is 11.6 Å². The van der Waals surface area contributed by atoms with Gasteiger partial charge in [0.05, 0.1) is 6.21 Å². The lowest BCUT2D eigenvalue weighted by molar-refractivity contribution is 0.322. The number of hydrogen-bond donors (Lipinski definition) is 1. The Balaban J connectivity index is 3.05. The van der Waals surface area contributed by atoms with E-state index in [0.29, 0.717) is 0 Å². The molecule has 0 atom stereocenters. The highest BCUT2D eigenvalue weighted by Crippen LogP contribution is 2.05. The van der Waals surface area contributed by atoms with Gasteiger partial charge in [0, 0.05) is 6.07 Å². The Kier molecular flexibility index (Phi) is 2.15. The lowest BCUT2D eigenvalue weighted by Crippen LogP contribution is -1.87. The minimum absolute atomic E-state index is 0.256. The second kappa shape index (κ2) is 3.09. The average Bonchev–Trinajstić information content (AvgIpc) is 1.98. The molecule has 1 aromatic rings. The second-order valence-corrected chi connectivity index (χ2v) is 1.84. The van der Waals surface area contributed by atoms with Crippen molar-refractivity contribution in [2.24, 2.45) is 5.16 Å². The molecule has 4 heteroatoms. The normalized spacial score (nSPS) is 10.7. The maximum atomic E-state index is 12.4. The largest absolute Gasteiger partial charge is 0.411 e. The van der Waals surface area contributed by atoms with Crippen molar-refractivity contribution in [1.29, 1.82) is 0 Å². The Morgan fingerprint density at radius 2 is 2.27 bits per heavy atom. The summed E-state index contributed by atoms with van der Waals surface area (Å²) in [6.45, 7) is 0. The molecule has 2 nitrogen and oxygen atoms in total. The molecule has 1 rings (SSSR count). The van der Waals surface area contributed by atoms with Crippen molar-refractivity contribution < 1.29 is 14.0 Å². The van der Waals surface area contributed by atoms with Gasteiger partial charge in [-0.1, -0.05) is 5.16 Å². The van der Waals surface area contributed by atoms with E-state index in [2.05, 4.69) is 5.16 Å². The van der Waals surface area contributed by atoms with E-state index >= 15 is 0 Å². The molecular formula is C7H4F2NO. The summed E-state index contributed by atoms with van der Waals surface area (Å²) >= 11 is 0. The molecule has 0 amide bonds. The molecule has 1 radical (unpaired) electrons. The SMILES string of the molecule is ON=Cc1c[c]c(F)c(F)c1. The van der Waals surface area contributed by atoms with Crippen molar-refractivity contribution in [3.05, 3.63) is 35.4 Å². The van der Waals surface area contributed by atoms with E-state index in [-0.39, 0.29) is 5.56 Å². The minimum atomic E-state index is -1.04. The summed E-state index contributed by atoms with van der Waals surface area (Å²) in [6.07, 6.45) is 0.985. The Bertz CT molecular complexity index is 286. The fourth-order valence-corrected chi connectivity index (χ4v) is 0.608. The molecule has 0 aliphatic rings. The topological polar surface area (TPSA) is 32.6 Å². The number of oxime groups is 1. The summed E-state index contributed by atoms with van der Waals surface area (Å²) in [7, 11) is 0. The van der Waals surface area contributed by atoms with E-state index in [1.807, 2.05) is 6.07 Å². The smallest absolute Gasteiger partial charge is 0.166 e. The maximum Gasteiger partial charge on any atom is 0.166 e. The standard InChI is InChI=1S/C7H4F2NO/c8-6-2-1-5(4-10-11)3-7(6)9/h1,3-4,11H. The molecule has 0 aromatic heterocycles. The molecule has 0 saturated carbocycles. The van der Waals surface area contributed by atoms with E-state index in [0.717, 1.165) is 12.3 Å². The van der Waals surface area contributed by atoms with Gasteiger partial charge in [-0.2, -0.15) is 0 Å². The molecule has 0 spiro atoms. The van der Waals surface area contributed by atoms with Crippen LogP contribution in [0.25, 0.3) is 0 Å². The molecule has 1 aromatic carbocycles. The van der Waals surface area contributed by atoms with E-state index in [9.17, 15) is 8.78 Å². The molecule has 0 saturated heterocycles. The Labute approximate surface area is 61.8 Å². The number of rotatable bonds is 1. The number of halogens is 2. The van der Waals surface area contributed by atoms with E-state index in [1.165, 1.54) is 6.07 Å². The summed E-state index contributed by atoms with van der Waals surface area (Å²) < 4.78 is 24.6. The van der Waals surface area contributed by atoms with Crippen LogP contribution in [0.4, 0.5) is 8.78 Å². The van der Waals surface area contributed by atoms with Crippen LogP contribution in [-0.2, 0) is 0 Å². The summed E-state index contributed by atoms with van der Waals surface area (Å²) in [5.74, 6) is -2.05. The van der Waals surface area contributed by atoms with Gasteiger partial charge < -0.3 is 5.21 Å². The first-order chi connectivity index (χ1) is 5.24. The quantitative estimate of drug-likeness (QED) is 0.373. The molecule has 1 N–H and O–H groups in total. The summed E-state index contributed by atoms with van der Waals surface area (Å²) in [5.41, 5.74) is 0.256. The molecule has 57 valence electrons. The van der Waals surface area contributed by atoms with Crippen LogP contribution in [0.15, 0.2) is 17.3 Å². The van der Waals surface area contributed by atoms with Crippen molar-refractivity contribution >= 4 is 6.21 Å². The fraction of sp³-hybridized carbons (Fsp3) is 0. The number of benzene rings is 1. The van der Waals surface area contributed by atoms with Gasteiger partial charge in [-0.15, -0.1) is 0 Å². The maximum absolute atomic E-state index is 12.4. The van der Waals surface area contributed by atoms with Crippen molar-refractivity contribution in [2.75, 3.05) is 0 Å². The minimum Gasteiger partial charge on any atom is -0.411 e. The zero-order valence-electron chi connectivity index (χ0n) is 5.38. The van der Waals surface area contributed by atoms with Crippen molar-refractivity contribution in [3.63, 3.8) is 0 Å². The number of hydrogen-bond acceptors (Lipinski definition) is 2. The Hall–Kier alpha value is -1.45. The monoisotopic (exact) mass is 156 g/mol. The van der Waals surface area contributed by atoms with Crippen LogP contribution in [0, 0.1) is 17.7 Å². The first kappa shape index (κ1) is 7.65. The van der Waals surface area contributed by atoms with E-state index in [4.69, 9.17) is 5.21 Å². The van der Waals surface area contributed by atoms with Gasteiger partial charge in [-0.3, -0.25) is 0 Å². The molecule has 0 heterocycles. The van der Waals surface area contributed by atoms with Gasteiger partial charge in [0.25, 0.3) is 0 Å². The molecule has 11 heavy (non-hydrogen) atoms. The number of nitrogens with zero attached hydrogens (tertiary/aromatic N) is 1. The summed E-state index contributed by atoms with van der Waals surface area (Å²) in [4.78, 5) is 0. The van der Waals surface area contributed by atoms with Gasteiger partial charge in [-0.05, 0) is 17.7 Å². The molecule has 0 unspecified atom stereocenters. The van der Waals surface area contributed by atoms with E-state index in [1.54, 1.807) is 0 Å². The first-order valence-corrected chi connectivity index (χ1v) is 2.78. The zero-order chi connectivity index (χ0) is 8.27. The van der Waals surface area contributed by atoms with Crippen LogP contribution < -0.4 is 0 Å². The second-order valence-electron chi connectivity index (χ2n) is 1.84. The van der Waals surface area contributed by atoms with E-state index < -0.39 is 11.6 Å². The highest BCUT2D eigenvalue weighted by atomic mass is 19.2. The van der Waals surface area contributed by atoms with Gasteiger partial charge in [0.2, 0.25) is 0 Å². The average molecular weight is 156 g/mol. The molecule has 0 fully saturated rings. The van der Waals surface area contributed by atoms with Crippen LogP contribution in [0.5, 0.6) is 0 Å². The Morgan fingerprint density at radius 3 is 2.82 bits per heavy atom. The Morgan fingerprint density at radius 1 is 1.55 bits per heavy atom. The third-order valence-corrected chi connectivity index (χ3v) is 1.08. The third-order valence-electron chi connectivity index (χ3n) is 1.08. The zero-order valence-corrected chi connectivity index (χ0v) is 5.38. The van der Waals surface area contributed by atoms with Crippen molar-refractivity contribution in [3.8, 4) is 0 Å². The van der Waals surface area contributed by atoms with Crippen LogP contribution in [0.3, 0.4) is 0 Å². The molecule has 0 aliphatic heterocycles. The first-order valence-electron chi connectivity index (χ1n) is 2.78. The van der Waals surface area contributed by atoms with Crippen LogP contribution in [0.2, 0.25) is 0 Å². The lowest BCUT2D eigenvalue weighted by Gasteiger charge is -1.92.